The van der Waals surface area contributed by atoms with Crippen molar-refractivity contribution >= 4 is 10.0 Å². The third-order valence-electron chi connectivity index (χ3n) is 2.82. The number of aryl methyl sites for hydroxylation is 2. The van der Waals surface area contributed by atoms with Crippen molar-refractivity contribution in [1.29, 1.82) is 0 Å². The van der Waals surface area contributed by atoms with Crippen LogP contribution in [0.2, 0.25) is 0 Å². The molecule has 1 aromatic heterocycles. The minimum absolute atomic E-state index is 0.477. The zero-order valence-corrected chi connectivity index (χ0v) is 12.0. The van der Waals surface area contributed by atoms with Crippen LogP contribution in [0.3, 0.4) is 0 Å². The molecular weight excluding hydrogens is 262 g/mol. The van der Waals surface area contributed by atoms with E-state index in [1.165, 1.54) is 0 Å². The second-order valence-corrected chi connectivity index (χ2v) is 6.41. The summed E-state index contributed by atoms with van der Waals surface area (Å²) in [5.74, 6) is 0.663. The van der Waals surface area contributed by atoms with Gasteiger partial charge in [0.25, 0.3) is 0 Å². The van der Waals surface area contributed by atoms with E-state index >= 15 is 0 Å². The highest BCUT2D eigenvalue weighted by atomic mass is 32.2. The summed E-state index contributed by atoms with van der Waals surface area (Å²) < 4.78 is 27.6. The summed E-state index contributed by atoms with van der Waals surface area (Å²) in [7, 11) is -1.49. The quantitative estimate of drug-likeness (QED) is 0.919. The van der Waals surface area contributed by atoms with E-state index < -0.39 is 16.1 Å². The van der Waals surface area contributed by atoms with Gasteiger partial charge in [0.15, 0.2) is 0 Å². The molecule has 0 aliphatic carbocycles. The van der Waals surface area contributed by atoms with Gasteiger partial charge in [-0.3, -0.25) is 0 Å². The molecule has 1 atom stereocenters. The van der Waals surface area contributed by atoms with Gasteiger partial charge in [0.2, 0.25) is 10.0 Å². The van der Waals surface area contributed by atoms with Gasteiger partial charge in [-0.05, 0) is 12.5 Å². The van der Waals surface area contributed by atoms with Crippen LogP contribution in [0.15, 0.2) is 36.7 Å². The van der Waals surface area contributed by atoms with Gasteiger partial charge >= 0.3 is 0 Å². The van der Waals surface area contributed by atoms with Gasteiger partial charge in [-0.2, -0.15) is 0 Å². The zero-order chi connectivity index (χ0) is 14.0. The number of nitrogens with zero attached hydrogens (tertiary/aromatic N) is 2. The van der Waals surface area contributed by atoms with Gasteiger partial charge in [0, 0.05) is 19.4 Å². The van der Waals surface area contributed by atoms with Crippen LogP contribution in [0.4, 0.5) is 0 Å². The summed E-state index contributed by atoms with van der Waals surface area (Å²) in [6.45, 7) is 1.97. The molecule has 0 saturated carbocycles. The van der Waals surface area contributed by atoms with Crippen LogP contribution in [-0.2, 0) is 17.1 Å². The van der Waals surface area contributed by atoms with Crippen molar-refractivity contribution in [2.75, 3.05) is 6.26 Å². The zero-order valence-electron chi connectivity index (χ0n) is 11.2. The van der Waals surface area contributed by atoms with E-state index in [0.717, 1.165) is 17.4 Å². The molecule has 0 bridgehead atoms. The van der Waals surface area contributed by atoms with Crippen LogP contribution in [-0.4, -0.2) is 24.2 Å². The average molecular weight is 279 g/mol. The molecule has 19 heavy (non-hydrogen) atoms. The van der Waals surface area contributed by atoms with Crippen molar-refractivity contribution in [2.24, 2.45) is 7.05 Å². The molecule has 1 aromatic carbocycles. The lowest BCUT2D eigenvalue weighted by Gasteiger charge is -2.18. The highest BCUT2D eigenvalue weighted by Crippen LogP contribution is 2.21. The van der Waals surface area contributed by atoms with Gasteiger partial charge in [-0.15, -0.1) is 0 Å². The predicted octanol–water partition coefficient (Wildman–Crippen LogP) is 1.37. The van der Waals surface area contributed by atoms with Crippen molar-refractivity contribution in [3.8, 4) is 0 Å². The van der Waals surface area contributed by atoms with Gasteiger partial charge in [0.1, 0.15) is 11.9 Å². The fourth-order valence-electron chi connectivity index (χ4n) is 1.99. The number of benzene rings is 1. The number of hydrogen-bond acceptors (Lipinski definition) is 3. The van der Waals surface area contributed by atoms with E-state index in [4.69, 9.17) is 0 Å². The number of imidazole rings is 1. The van der Waals surface area contributed by atoms with E-state index in [1.807, 2.05) is 42.8 Å². The smallest absolute Gasteiger partial charge is 0.209 e. The van der Waals surface area contributed by atoms with Crippen LogP contribution in [0.5, 0.6) is 0 Å². The van der Waals surface area contributed by atoms with Crippen LogP contribution < -0.4 is 4.72 Å². The number of sulfonamides is 1. The van der Waals surface area contributed by atoms with Crippen LogP contribution >= 0.6 is 0 Å². The second-order valence-electron chi connectivity index (χ2n) is 4.63. The molecule has 6 heteroatoms. The molecule has 1 heterocycles. The van der Waals surface area contributed by atoms with E-state index in [-0.39, 0.29) is 0 Å². The normalized spacial score (nSPS) is 13.4. The molecule has 0 saturated heterocycles. The first kappa shape index (κ1) is 13.8. The topological polar surface area (TPSA) is 64.0 Å². The van der Waals surface area contributed by atoms with E-state index in [0.29, 0.717) is 5.82 Å². The Kier molecular flexibility index (Phi) is 3.73. The number of nitrogens with one attached hydrogen (secondary N) is 1. The van der Waals surface area contributed by atoms with Gasteiger partial charge in [0.05, 0.1) is 6.26 Å². The molecule has 1 N–H and O–H groups in total. The first-order chi connectivity index (χ1) is 8.87. The Labute approximate surface area is 113 Å². The first-order valence-electron chi connectivity index (χ1n) is 5.88. The van der Waals surface area contributed by atoms with Crippen molar-refractivity contribution in [2.45, 2.75) is 13.0 Å². The van der Waals surface area contributed by atoms with E-state index in [2.05, 4.69) is 9.71 Å². The fraction of sp³-hybridized carbons (Fsp3) is 0.308. The van der Waals surface area contributed by atoms with Crippen LogP contribution in [0.25, 0.3) is 0 Å². The number of aromatic nitrogens is 2. The summed E-state index contributed by atoms with van der Waals surface area (Å²) in [6, 6.07) is 7.25. The summed E-state index contributed by atoms with van der Waals surface area (Å²) >= 11 is 0. The molecule has 0 spiro atoms. The SMILES string of the molecule is Cc1cccc(C(NS(C)(=O)=O)c2nccn2C)c1. The summed E-state index contributed by atoms with van der Waals surface area (Å²) in [5.41, 5.74) is 1.95. The summed E-state index contributed by atoms with van der Waals surface area (Å²) in [6.07, 6.45) is 4.60. The Morgan fingerprint density at radius 2 is 2.11 bits per heavy atom. The largest absolute Gasteiger partial charge is 0.336 e. The van der Waals surface area contributed by atoms with Crippen molar-refractivity contribution < 1.29 is 8.42 Å². The standard InChI is InChI=1S/C13H17N3O2S/c1-10-5-4-6-11(9-10)12(15-19(3,17)18)13-14-7-8-16(13)2/h4-9,12,15H,1-3H3. The van der Waals surface area contributed by atoms with Crippen molar-refractivity contribution in [3.63, 3.8) is 0 Å². The van der Waals surface area contributed by atoms with Crippen molar-refractivity contribution in [3.05, 3.63) is 53.6 Å². The molecule has 1 unspecified atom stereocenters. The Hall–Kier alpha value is -1.66. The molecule has 0 amide bonds. The minimum atomic E-state index is -3.33. The Morgan fingerprint density at radius 3 is 2.63 bits per heavy atom. The van der Waals surface area contributed by atoms with Crippen LogP contribution in [0.1, 0.15) is 23.0 Å². The highest BCUT2D eigenvalue weighted by Gasteiger charge is 2.21. The maximum atomic E-state index is 11.6. The second kappa shape index (κ2) is 5.14. The Balaban J connectivity index is 2.49. The number of rotatable bonds is 4. The maximum absolute atomic E-state index is 11.6. The molecule has 102 valence electrons. The lowest BCUT2D eigenvalue weighted by molar-refractivity contribution is 0.568. The van der Waals surface area contributed by atoms with Gasteiger partial charge in [-0.25, -0.2) is 18.1 Å². The molecule has 5 nitrogen and oxygen atoms in total. The Bertz CT molecular complexity index is 677. The molecule has 0 aliphatic heterocycles. The number of hydrogen-bond donors (Lipinski definition) is 1. The molecule has 2 rings (SSSR count). The molecular formula is C13H17N3O2S. The first-order valence-corrected chi connectivity index (χ1v) is 7.77. The lowest BCUT2D eigenvalue weighted by Crippen LogP contribution is -2.30. The highest BCUT2D eigenvalue weighted by molar-refractivity contribution is 7.88. The molecule has 0 radical (unpaired) electrons. The van der Waals surface area contributed by atoms with Crippen molar-refractivity contribution in [1.82, 2.24) is 14.3 Å². The molecule has 0 fully saturated rings. The maximum Gasteiger partial charge on any atom is 0.209 e. The molecule has 2 aromatic rings. The van der Waals surface area contributed by atoms with Crippen LogP contribution in [0, 0.1) is 6.92 Å². The Morgan fingerprint density at radius 1 is 1.37 bits per heavy atom. The third-order valence-corrected chi connectivity index (χ3v) is 3.49. The lowest BCUT2D eigenvalue weighted by atomic mass is 10.0. The summed E-state index contributed by atoms with van der Waals surface area (Å²) in [5, 5.41) is 0. The van der Waals surface area contributed by atoms with E-state index in [9.17, 15) is 8.42 Å². The van der Waals surface area contributed by atoms with Gasteiger partial charge < -0.3 is 4.57 Å². The van der Waals surface area contributed by atoms with Gasteiger partial charge in [-0.1, -0.05) is 29.8 Å². The monoisotopic (exact) mass is 279 g/mol. The predicted molar refractivity (Wildman–Crippen MR) is 74.2 cm³/mol. The summed E-state index contributed by atoms with van der Waals surface area (Å²) in [4.78, 5) is 4.24. The average Bonchev–Trinajstić information content (AvgIpc) is 2.71. The third kappa shape index (κ3) is 3.42. The fourth-order valence-corrected chi connectivity index (χ4v) is 2.66. The minimum Gasteiger partial charge on any atom is -0.336 e. The molecule has 0 aliphatic rings. The van der Waals surface area contributed by atoms with E-state index in [1.54, 1.807) is 12.4 Å².